The van der Waals surface area contributed by atoms with Gasteiger partial charge < -0.3 is 18.6 Å². The molecule has 0 saturated carbocycles. The molecule has 382 valence electrons. The predicted octanol–water partition coefficient (Wildman–Crippen LogP) is 21.4. The number of benzene rings is 13. The molecule has 15 aromatic rings. The monoisotopic (exact) mass is 1040 g/mol. The maximum Gasteiger partial charge on any atom is 0.159 e. The van der Waals surface area contributed by atoms with E-state index in [-0.39, 0.29) is 0 Å². The highest BCUT2D eigenvalue weighted by Gasteiger charge is 2.54. The van der Waals surface area contributed by atoms with Gasteiger partial charge in [0.05, 0.1) is 22.5 Å². The van der Waals surface area contributed by atoms with Crippen molar-refractivity contribution in [3.05, 3.63) is 288 Å². The lowest BCUT2D eigenvalue weighted by Gasteiger charge is -2.34. The molecule has 0 amide bonds. The van der Waals surface area contributed by atoms with Gasteiger partial charge in [-0.25, -0.2) is 0 Å². The molecular formula is C77H52N2O2. The van der Waals surface area contributed by atoms with E-state index < -0.39 is 5.41 Å². The lowest BCUT2D eigenvalue weighted by Crippen LogP contribution is -2.26. The second kappa shape index (κ2) is 17.4. The number of rotatable bonds is 8. The van der Waals surface area contributed by atoms with Crippen molar-refractivity contribution in [2.75, 3.05) is 9.80 Å². The molecule has 2 heterocycles. The van der Waals surface area contributed by atoms with Gasteiger partial charge in [0.2, 0.25) is 0 Å². The third-order valence-corrected chi connectivity index (χ3v) is 18.0. The first-order chi connectivity index (χ1) is 40.1. The van der Waals surface area contributed by atoms with E-state index in [9.17, 15) is 0 Å². The minimum atomic E-state index is -0.722. The van der Waals surface area contributed by atoms with E-state index in [2.05, 4.69) is 278 Å². The Balaban J connectivity index is 0.993. The van der Waals surface area contributed by atoms with Gasteiger partial charge >= 0.3 is 0 Å². The number of nitrogens with zero attached hydrogens (tertiary/aromatic N) is 2. The van der Waals surface area contributed by atoms with Crippen LogP contribution in [0.2, 0.25) is 0 Å². The first kappa shape index (κ1) is 45.8. The SMILES string of the molecule is CCc1cccc2c1oc1c(N(c3ccccc3)c3ccc4c5c(c6ccccc6c4c3)-c3c(cc(N(c4ccccc4)c4cccc6c4oc4c(CC)cccc46)c4ccccc34)C53c4ccccc4-c4ccccc43)cccc12. The average molecular weight is 1040 g/mol. The number of fused-ring (bicyclic) bond motifs is 23. The fourth-order valence-electron chi connectivity index (χ4n) is 14.6. The van der Waals surface area contributed by atoms with Crippen molar-refractivity contribution >= 4 is 110 Å². The van der Waals surface area contributed by atoms with Gasteiger partial charge in [0, 0.05) is 44.0 Å². The van der Waals surface area contributed by atoms with E-state index in [4.69, 9.17) is 8.83 Å². The summed E-state index contributed by atoms with van der Waals surface area (Å²) < 4.78 is 14.2. The van der Waals surface area contributed by atoms with Crippen molar-refractivity contribution in [1.29, 1.82) is 0 Å². The molecule has 0 saturated heterocycles. The van der Waals surface area contributed by atoms with Crippen LogP contribution in [0.25, 0.3) is 98.4 Å². The maximum atomic E-state index is 7.14. The van der Waals surface area contributed by atoms with Crippen LogP contribution in [0.5, 0.6) is 0 Å². The van der Waals surface area contributed by atoms with Crippen molar-refractivity contribution in [3.63, 3.8) is 0 Å². The molecule has 0 atom stereocenters. The summed E-state index contributed by atoms with van der Waals surface area (Å²) in [6.45, 7) is 4.41. The minimum absolute atomic E-state index is 0.722. The Kier molecular flexibility index (Phi) is 9.85. The van der Waals surface area contributed by atoms with Crippen molar-refractivity contribution in [2.24, 2.45) is 0 Å². The molecule has 4 heteroatoms. The van der Waals surface area contributed by atoms with E-state index in [0.29, 0.717) is 0 Å². The summed E-state index contributed by atoms with van der Waals surface area (Å²) in [4.78, 5) is 4.86. The number of anilines is 6. The summed E-state index contributed by atoms with van der Waals surface area (Å²) in [6, 6.07) is 94.5. The lowest BCUT2D eigenvalue weighted by atomic mass is 9.69. The zero-order valence-electron chi connectivity index (χ0n) is 44.9. The molecule has 2 aliphatic carbocycles. The molecular weight excluding hydrogens is 985 g/mol. The van der Waals surface area contributed by atoms with E-state index in [1.807, 2.05) is 0 Å². The highest BCUT2D eigenvalue weighted by atomic mass is 16.3. The quantitative estimate of drug-likeness (QED) is 0.142. The first-order valence-corrected chi connectivity index (χ1v) is 28.5. The topological polar surface area (TPSA) is 32.8 Å². The number of hydrogen-bond donors (Lipinski definition) is 0. The molecule has 0 unspecified atom stereocenters. The molecule has 13 aromatic carbocycles. The van der Waals surface area contributed by atoms with Gasteiger partial charge in [-0.3, -0.25) is 0 Å². The zero-order chi connectivity index (χ0) is 53.5. The molecule has 0 fully saturated rings. The second-order valence-corrected chi connectivity index (χ2v) is 21.9. The standard InChI is InChI=1S/C77H52N2O2/c1-3-47-23-19-35-59-61-37-21-41-67(75(61)80-73(47)59)78(49-25-7-5-8-26-49)51-43-44-58-63(45-51)52-29-11-13-33-56(52)71-70-57-34-14-12-32-55(57)69(46-66(70)77(72(58)71)64-39-17-15-30-53(64)54-31-16-18-40-65(54)77)79(50-27-9-6-10-28-50)68-42-22-38-62-60-36-20-24-48(4-2)74(60)81-76(62)68/h5-46H,3-4H2,1-2H3. The van der Waals surface area contributed by atoms with Crippen LogP contribution in [0.4, 0.5) is 34.1 Å². The van der Waals surface area contributed by atoms with E-state index in [0.717, 1.165) is 96.2 Å². The zero-order valence-corrected chi connectivity index (χ0v) is 44.9. The molecule has 0 aliphatic heterocycles. The Hall–Kier alpha value is -10.2. The van der Waals surface area contributed by atoms with Gasteiger partial charge in [-0.2, -0.15) is 0 Å². The summed E-state index contributed by atoms with van der Waals surface area (Å²) in [5.74, 6) is 0. The Bertz CT molecular complexity index is 5060. The number of aryl methyl sites for hydroxylation is 2. The van der Waals surface area contributed by atoms with Crippen LogP contribution in [-0.2, 0) is 18.3 Å². The summed E-state index contributed by atoms with van der Waals surface area (Å²) in [7, 11) is 0. The Morgan fingerprint density at radius 2 is 0.753 bits per heavy atom. The summed E-state index contributed by atoms with van der Waals surface area (Å²) in [5, 5.41) is 11.7. The highest BCUT2D eigenvalue weighted by molar-refractivity contribution is 6.25. The molecule has 2 aliphatic rings. The van der Waals surface area contributed by atoms with Crippen molar-refractivity contribution in [3.8, 4) is 22.3 Å². The molecule has 1 spiro atoms. The average Bonchev–Trinajstić information content (AvgIpc) is 2.97. The molecule has 2 aromatic heterocycles. The normalized spacial score (nSPS) is 13.0. The largest absolute Gasteiger partial charge is 0.454 e. The minimum Gasteiger partial charge on any atom is -0.454 e. The summed E-state index contributed by atoms with van der Waals surface area (Å²) >= 11 is 0. The van der Waals surface area contributed by atoms with Crippen molar-refractivity contribution in [1.82, 2.24) is 0 Å². The van der Waals surface area contributed by atoms with Gasteiger partial charge in [-0.1, -0.05) is 214 Å². The lowest BCUT2D eigenvalue weighted by molar-refractivity contribution is 0.663. The van der Waals surface area contributed by atoms with E-state index in [1.54, 1.807) is 0 Å². The predicted molar refractivity (Wildman–Crippen MR) is 338 cm³/mol. The fourth-order valence-corrected chi connectivity index (χ4v) is 14.6. The van der Waals surface area contributed by atoms with Crippen LogP contribution in [0.1, 0.15) is 47.2 Å². The van der Waals surface area contributed by atoms with Crippen molar-refractivity contribution in [2.45, 2.75) is 32.1 Å². The van der Waals surface area contributed by atoms with E-state index >= 15 is 0 Å². The van der Waals surface area contributed by atoms with Gasteiger partial charge in [0.1, 0.15) is 11.2 Å². The fraction of sp³-hybridized carbons (Fsp3) is 0.0649. The van der Waals surface area contributed by atoms with Crippen LogP contribution < -0.4 is 9.80 Å². The maximum absolute atomic E-state index is 7.14. The Morgan fingerprint density at radius 3 is 1.33 bits per heavy atom. The molecule has 0 radical (unpaired) electrons. The van der Waals surface area contributed by atoms with Crippen LogP contribution in [0.3, 0.4) is 0 Å². The molecule has 4 nitrogen and oxygen atoms in total. The van der Waals surface area contributed by atoms with Gasteiger partial charge in [-0.05, 0) is 150 Å². The second-order valence-electron chi connectivity index (χ2n) is 21.9. The Morgan fingerprint density at radius 1 is 0.296 bits per heavy atom. The number of hydrogen-bond acceptors (Lipinski definition) is 4. The first-order valence-electron chi connectivity index (χ1n) is 28.5. The summed E-state index contributed by atoms with van der Waals surface area (Å²) in [5.41, 5.74) is 21.8. The third kappa shape index (κ3) is 6.25. The van der Waals surface area contributed by atoms with Gasteiger partial charge in [0.15, 0.2) is 11.2 Å². The highest BCUT2D eigenvalue weighted by Crippen LogP contribution is 2.68. The smallest absolute Gasteiger partial charge is 0.159 e. The third-order valence-electron chi connectivity index (χ3n) is 18.0. The van der Waals surface area contributed by atoms with Crippen LogP contribution >= 0.6 is 0 Å². The molecule has 0 bridgehead atoms. The van der Waals surface area contributed by atoms with Gasteiger partial charge in [0.25, 0.3) is 0 Å². The number of para-hydroxylation sites is 6. The molecule has 81 heavy (non-hydrogen) atoms. The van der Waals surface area contributed by atoms with Crippen LogP contribution in [0.15, 0.2) is 264 Å². The van der Waals surface area contributed by atoms with E-state index in [1.165, 1.54) is 82.6 Å². The van der Waals surface area contributed by atoms with Gasteiger partial charge in [-0.15, -0.1) is 0 Å². The van der Waals surface area contributed by atoms with Crippen LogP contribution in [0, 0.1) is 0 Å². The molecule has 17 rings (SSSR count). The molecule has 0 N–H and O–H groups in total. The van der Waals surface area contributed by atoms with Crippen molar-refractivity contribution < 1.29 is 8.83 Å². The number of furan rings is 2. The Labute approximate surface area is 469 Å². The summed E-state index contributed by atoms with van der Waals surface area (Å²) in [6.07, 6.45) is 1.77. The van der Waals surface area contributed by atoms with Crippen LogP contribution in [-0.4, -0.2) is 0 Å².